The number of rotatable bonds is 9. The molecule has 1 saturated heterocycles. The van der Waals surface area contributed by atoms with E-state index in [9.17, 15) is 8.42 Å². The molecule has 0 bridgehead atoms. The minimum atomic E-state index is -3.39. The van der Waals surface area contributed by atoms with Crippen LogP contribution in [-0.2, 0) is 16.6 Å². The first-order valence-corrected chi connectivity index (χ1v) is 12.2. The molecule has 0 amide bonds. The van der Waals surface area contributed by atoms with Crippen LogP contribution in [0.1, 0.15) is 44.6 Å². The number of likely N-dealkylation sites (tertiary alicyclic amines) is 1. The molecular formula is C21H36IN5O2S. The molecule has 1 heterocycles. The monoisotopic (exact) mass is 549 g/mol. The van der Waals surface area contributed by atoms with E-state index < -0.39 is 10.0 Å². The third kappa shape index (κ3) is 8.32. The van der Waals surface area contributed by atoms with Crippen molar-refractivity contribution in [2.45, 2.75) is 56.5 Å². The standard InChI is InChI=1S/C21H35N5O2S.HI/c1-17-10-14-26(15-11-17)13-3-12-23-21(22-2)24-16-18-4-8-20(9-5-18)29(27,28)25-19-6-7-19;/h4-5,8-9,17,19,25H,3,6-7,10-16H2,1-2H3,(H2,22,23,24);1H. The summed E-state index contributed by atoms with van der Waals surface area (Å²) in [5.41, 5.74) is 1.01. The van der Waals surface area contributed by atoms with Crippen LogP contribution in [-0.4, -0.2) is 58.5 Å². The summed E-state index contributed by atoms with van der Waals surface area (Å²) in [5.74, 6) is 1.64. The number of piperidine rings is 1. The Labute approximate surface area is 198 Å². The summed E-state index contributed by atoms with van der Waals surface area (Å²) >= 11 is 0. The van der Waals surface area contributed by atoms with Crippen molar-refractivity contribution < 1.29 is 8.42 Å². The van der Waals surface area contributed by atoms with Gasteiger partial charge in [0.15, 0.2) is 5.96 Å². The molecule has 1 aliphatic heterocycles. The molecule has 1 aromatic rings. The van der Waals surface area contributed by atoms with Gasteiger partial charge < -0.3 is 15.5 Å². The predicted octanol–water partition coefficient (Wildman–Crippen LogP) is 2.53. The van der Waals surface area contributed by atoms with Gasteiger partial charge in [0.2, 0.25) is 10.0 Å². The van der Waals surface area contributed by atoms with Crippen LogP contribution in [0.25, 0.3) is 0 Å². The highest BCUT2D eigenvalue weighted by molar-refractivity contribution is 14.0. The summed E-state index contributed by atoms with van der Waals surface area (Å²) in [7, 11) is -1.62. The molecule has 0 atom stereocenters. The molecule has 170 valence electrons. The van der Waals surface area contributed by atoms with E-state index in [1.807, 2.05) is 12.1 Å². The molecule has 1 aliphatic carbocycles. The van der Waals surface area contributed by atoms with E-state index in [1.165, 1.54) is 25.9 Å². The van der Waals surface area contributed by atoms with E-state index >= 15 is 0 Å². The van der Waals surface area contributed by atoms with E-state index in [4.69, 9.17) is 0 Å². The third-order valence-corrected chi connectivity index (χ3v) is 7.17. The first-order chi connectivity index (χ1) is 14.0. The minimum absolute atomic E-state index is 0. The zero-order valence-electron chi connectivity index (χ0n) is 18.1. The lowest BCUT2D eigenvalue weighted by atomic mass is 9.99. The fourth-order valence-corrected chi connectivity index (χ4v) is 4.78. The molecule has 0 unspecified atom stereocenters. The molecule has 2 aliphatic rings. The normalized spacial score (nSPS) is 18.7. The van der Waals surface area contributed by atoms with Crippen molar-refractivity contribution in [3.05, 3.63) is 29.8 Å². The molecule has 3 N–H and O–H groups in total. The Balaban J connectivity index is 0.00000320. The Kier molecular flexibility index (Phi) is 10.3. The lowest BCUT2D eigenvalue weighted by Crippen LogP contribution is -2.39. The summed E-state index contributed by atoms with van der Waals surface area (Å²) in [6, 6.07) is 7.14. The maximum Gasteiger partial charge on any atom is 0.240 e. The number of sulfonamides is 1. The Morgan fingerprint density at radius 2 is 1.77 bits per heavy atom. The lowest BCUT2D eigenvalue weighted by Gasteiger charge is -2.30. The average molecular weight is 550 g/mol. The molecular weight excluding hydrogens is 513 g/mol. The predicted molar refractivity (Wildman–Crippen MR) is 133 cm³/mol. The van der Waals surface area contributed by atoms with Gasteiger partial charge in [-0.1, -0.05) is 19.1 Å². The fourth-order valence-electron chi connectivity index (χ4n) is 3.48. The number of hydrogen-bond acceptors (Lipinski definition) is 4. The molecule has 1 aromatic carbocycles. The largest absolute Gasteiger partial charge is 0.356 e. The lowest BCUT2D eigenvalue weighted by molar-refractivity contribution is 0.191. The Bertz CT molecular complexity index is 773. The van der Waals surface area contributed by atoms with E-state index in [0.29, 0.717) is 11.4 Å². The second-order valence-corrected chi connectivity index (χ2v) is 9.98. The van der Waals surface area contributed by atoms with Crippen LogP contribution in [0.15, 0.2) is 34.2 Å². The number of benzene rings is 1. The van der Waals surface area contributed by atoms with Crippen LogP contribution in [0, 0.1) is 5.92 Å². The number of nitrogens with one attached hydrogen (secondary N) is 3. The van der Waals surface area contributed by atoms with Crippen LogP contribution in [0.3, 0.4) is 0 Å². The van der Waals surface area contributed by atoms with Gasteiger partial charge >= 0.3 is 0 Å². The van der Waals surface area contributed by atoms with E-state index in [0.717, 1.165) is 49.8 Å². The molecule has 0 radical (unpaired) electrons. The van der Waals surface area contributed by atoms with Crippen LogP contribution >= 0.6 is 24.0 Å². The highest BCUT2D eigenvalue weighted by Crippen LogP contribution is 2.22. The van der Waals surface area contributed by atoms with E-state index in [1.54, 1.807) is 19.2 Å². The Morgan fingerprint density at radius 3 is 2.37 bits per heavy atom. The maximum absolute atomic E-state index is 12.2. The van der Waals surface area contributed by atoms with Gasteiger partial charge in [-0.05, 0) is 75.4 Å². The van der Waals surface area contributed by atoms with Crippen LogP contribution in [0.4, 0.5) is 0 Å². The van der Waals surface area contributed by atoms with Crippen molar-refractivity contribution in [1.82, 2.24) is 20.3 Å². The third-order valence-electron chi connectivity index (χ3n) is 5.64. The number of hydrogen-bond donors (Lipinski definition) is 3. The van der Waals surface area contributed by atoms with Crippen molar-refractivity contribution in [2.75, 3.05) is 33.2 Å². The van der Waals surface area contributed by atoms with Crippen molar-refractivity contribution in [3.63, 3.8) is 0 Å². The summed E-state index contributed by atoms with van der Waals surface area (Å²) < 4.78 is 27.2. The average Bonchev–Trinajstić information content (AvgIpc) is 3.52. The number of guanidine groups is 1. The molecule has 30 heavy (non-hydrogen) atoms. The fraction of sp³-hybridized carbons (Fsp3) is 0.667. The molecule has 2 fully saturated rings. The minimum Gasteiger partial charge on any atom is -0.356 e. The maximum atomic E-state index is 12.2. The number of aliphatic imine (C=N–C) groups is 1. The zero-order valence-corrected chi connectivity index (χ0v) is 21.2. The first-order valence-electron chi connectivity index (χ1n) is 10.7. The van der Waals surface area contributed by atoms with Crippen LogP contribution in [0.5, 0.6) is 0 Å². The second kappa shape index (κ2) is 12.2. The van der Waals surface area contributed by atoms with Gasteiger partial charge in [0.1, 0.15) is 0 Å². The van der Waals surface area contributed by atoms with Crippen LogP contribution in [0.2, 0.25) is 0 Å². The van der Waals surface area contributed by atoms with E-state index in [-0.39, 0.29) is 30.0 Å². The van der Waals surface area contributed by atoms with Gasteiger partial charge in [0.05, 0.1) is 4.90 Å². The van der Waals surface area contributed by atoms with Gasteiger partial charge in [0.25, 0.3) is 0 Å². The van der Waals surface area contributed by atoms with Crippen LogP contribution < -0.4 is 15.4 Å². The zero-order chi connectivity index (χ0) is 20.7. The number of halogens is 1. The van der Waals surface area contributed by atoms with Gasteiger partial charge in [-0.2, -0.15) is 0 Å². The Morgan fingerprint density at radius 1 is 1.10 bits per heavy atom. The summed E-state index contributed by atoms with van der Waals surface area (Å²) in [6.45, 7) is 7.38. The van der Waals surface area contributed by atoms with Crippen molar-refractivity contribution in [3.8, 4) is 0 Å². The SMILES string of the molecule is CN=C(NCCCN1CCC(C)CC1)NCc1ccc(S(=O)(=O)NC2CC2)cc1.I. The van der Waals surface area contributed by atoms with Gasteiger partial charge in [-0.15, -0.1) is 24.0 Å². The molecule has 0 spiro atoms. The van der Waals surface area contributed by atoms with Crippen molar-refractivity contribution in [1.29, 1.82) is 0 Å². The summed E-state index contributed by atoms with van der Waals surface area (Å²) in [5, 5.41) is 6.65. The number of nitrogens with zero attached hydrogens (tertiary/aromatic N) is 2. The van der Waals surface area contributed by atoms with Gasteiger partial charge in [-0.25, -0.2) is 13.1 Å². The Hall–Kier alpha value is -0.910. The quantitative estimate of drug-likeness (QED) is 0.191. The highest BCUT2D eigenvalue weighted by Gasteiger charge is 2.27. The summed E-state index contributed by atoms with van der Waals surface area (Å²) in [4.78, 5) is 7.14. The van der Waals surface area contributed by atoms with Crippen molar-refractivity contribution in [2.24, 2.45) is 10.9 Å². The highest BCUT2D eigenvalue weighted by atomic mass is 127. The molecule has 3 rings (SSSR count). The second-order valence-electron chi connectivity index (χ2n) is 8.27. The molecule has 9 heteroatoms. The summed E-state index contributed by atoms with van der Waals surface area (Å²) in [6.07, 6.45) is 5.59. The topological polar surface area (TPSA) is 85.8 Å². The molecule has 0 aromatic heterocycles. The van der Waals surface area contributed by atoms with E-state index in [2.05, 4.69) is 32.2 Å². The van der Waals surface area contributed by atoms with Gasteiger partial charge in [0, 0.05) is 26.2 Å². The first kappa shape index (κ1) is 25.4. The van der Waals surface area contributed by atoms with Crippen molar-refractivity contribution >= 4 is 40.0 Å². The molecule has 1 saturated carbocycles. The smallest absolute Gasteiger partial charge is 0.240 e. The van der Waals surface area contributed by atoms with Gasteiger partial charge in [-0.3, -0.25) is 4.99 Å². The molecule has 7 nitrogen and oxygen atoms in total.